The van der Waals surface area contributed by atoms with E-state index < -0.39 is 11.0 Å². The Morgan fingerprint density at radius 3 is 2.67 bits per heavy atom. The molecule has 0 aromatic rings. The van der Waals surface area contributed by atoms with Gasteiger partial charge < -0.3 is 10.0 Å². The summed E-state index contributed by atoms with van der Waals surface area (Å²) in [6, 6.07) is 2.60. The number of rotatable bonds is 4. The Bertz CT molecular complexity index is 378. The summed E-state index contributed by atoms with van der Waals surface area (Å²) >= 11 is 0. The maximum atomic E-state index is 11.4. The van der Waals surface area contributed by atoms with Crippen LogP contribution in [0.4, 0.5) is 0 Å². The number of nitriles is 1. The van der Waals surface area contributed by atoms with E-state index in [2.05, 4.69) is 24.8 Å². The van der Waals surface area contributed by atoms with Gasteiger partial charge in [0.15, 0.2) is 0 Å². The number of hydrogen-bond donors (Lipinski definition) is 1. The Morgan fingerprint density at radius 2 is 2.00 bits per heavy atom. The van der Waals surface area contributed by atoms with Gasteiger partial charge in [-0.25, -0.2) is 0 Å². The molecule has 0 bridgehead atoms. The van der Waals surface area contributed by atoms with E-state index in [0.717, 1.165) is 64.6 Å². The standard InChI is InChI=1S/C18H32N2O/c1-3-11-20-12-6-9-18(21,10-13-20)17(15-19)8-5-7-16(4-2)14-17/h16,21H,3-14H2,1-2H3. The topological polar surface area (TPSA) is 47.3 Å². The Kier molecular flexibility index (Phi) is 5.68. The van der Waals surface area contributed by atoms with Crippen molar-refractivity contribution in [3.63, 3.8) is 0 Å². The smallest absolute Gasteiger partial charge is 0.0863 e. The number of likely N-dealkylation sites (tertiary alicyclic amines) is 1. The van der Waals surface area contributed by atoms with Crippen molar-refractivity contribution in [2.45, 2.75) is 77.2 Å². The van der Waals surface area contributed by atoms with Gasteiger partial charge in [0.25, 0.3) is 0 Å². The average molecular weight is 292 g/mol. The van der Waals surface area contributed by atoms with Gasteiger partial charge in [0.05, 0.1) is 17.1 Å². The third-order valence-corrected chi connectivity index (χ3v) is 5.98. The van der Waals surface area contributed by atoms with Crippen molar-refractivity contribution in [3.8, 4) is 6.07 Å². The molecule has 1 N–H and O–H groups in total. The molecule has 1 aliphatic carbocycles. The Balaban J connectivity index is 2.14. The van der Waals surface area contributed by atoms with Gasteiger partial charge >= 0.3 is 0 Å². The Labute approximate surface area is 130 Å². The van der Waals surface area contributed by atoms with Gasteiger partial charge in [0, 0.05) is 6.54 Å². The van der Waals surface area contributed by atoms with E-state index in [1.807, 2.05) is 0 Å². The first-order valence-corrected chi connectivity index (χ1v) is 8.95. The predicted molar refractivity (Wildman–Crippen MR) is 85.8 cm³/mol. The van der Waals surface area contributed by atoms with Crippen LogP contribution >= 0.6 is 0 Å². The van der Waals surface area contributed by atoms with Crippen LogP contribution in [0.2, 0.25) is 0 Å². The van der Waals surface area contributed by atoms with Crippen LogP contribution < -0.4 is 0 Å². The van der Waals surface area contributed by atoms with Gasteiger partial charge in [-0.05, 0) is 57.5 Å². The molecule has 1 saturated heterocycles. The summed E-state index contributed by atoms with van der Waals surface area (Å²) in [5.74, 6) is 0.623. The maximum absolute atomic E-state index is 11.4. The third kappa shape index (κ3) is 3.43. The number of aliphatic hydroxyl groups is 1. The predicted octanol–water partition coefficient (Wildman–Crippen LogP) is 3.72. The zero-order chi connectivity index (χ0) is 15.3. The largest absolute Gasteiger partial charge is 0.388 e. The molecule has 1 aliphatic heterocycles. The molecule has 21 heavy (non-hydrogen) atoms. The summed E-state index contributed by atoms with van der Waals surface area (Å²) in [6.07, 6.45) is 9.05. The molecule has 2 rings (SSSR count). The first kappa shape index (κ1) is 16.8. The molecule has 3 nitrogen and oxygen atoms in total. The fourth-order valence-corrected chi connectivity index (χ4v) is 4.56. The molecule has 3 unspecified atom stereocenters. The lowest BCUT2D eigenvalue weighted by molar-refractivity contribution is -0.0913. The van der Waals surface area contributed by atoms with Crippen LogP contribution in [0, 0.1) is 22.7 Å². The minimum Gasteiger partial charge on any atom is -0.388 e. The minimum atomic E-state index is -0.766. The molecule has 3 atom stereocenters. The van der Waals surface area contributed by atoms with Gasteiger partial charge in [0.2, 0.25) is 0 Å². The Morgan fingerprint density at radius 1 is 1.19 bits per heavy atom. The summed E-state index contributed by atoms with van der Waals surface area (Å²) in [4.78, 5) is 2.46. The van der Waals surface area contributed by atoms with Crippen molar-refractivity contribution < 1.29 is 5.11 Å². The van der Waals surface area contributed by atoms with Gasteiger partial charge in [-0.1, -0.05) is 33.1 Å². The van der Waals surface area contributed by atoms with Gasteiger partial charge in [-0.2, -0.15) is 5.26 Å². The molecule has 0 spiro atoms. The SMILES string of the molecule is CCCN1CCCC(O)(C2(C#N)CCCC(CC)C2)CC1. The highest BCUT2D eigenvalue weighted by Crippen LogP contribution is 2.51. The van der Waals surface area contributed by atoms with Gasteiger partial charge in [-0.3, -0.25) is 0 Å². The van der Waals surface area contributed by atoms with Crippen LogP contribution in [-0.4, -0.2) is 35.2 Å². The van der Waals surface area contributed by atoms with Crippen LogP contribution in [0.1, 0.15) is 71.6 Å². The maximum Gasteiger partial charge on any atom is 0.0863 e. The van der Waals surface area contributed by atoms with E-state index in [4.69, 9.17) is 0 Å². The van der Waals surface area contributed by atoms with Gasteiger partial charge in [0.1, 0.15) is 0 Å². The number of hydrogen-bond acceptors (Lipinski definition) is 3. The van der Waals surface area contributed by atoms with Crippen molar-refractivity contribution in [2.75, 3.05) is 19.6 Å². The van der Waals surface area contributed by atoms with Crippen molar-refractivity contribution in [3.05, 3.63) is 0 Å². The summed E-state index contributed by atoms with van der Waals surface area (Å²) in [5.41, 5.74) is -1.26. The van der Waals surface area contributed by atoms with Crippen LogP contribution in [0.25, 0.3) is 0 Å². The molecule has 1 saturated carbocycles. The molecule has 0 aromatic carbocycles. The molecule has 120 valence electrons. The van der Waals surface area contributed by atoms with Crippen molar-refractivity contribution in [1.29, 1.82) is 5.26 Å². The second kappa shape index (κ2) is 7.11. The second-order valence-electron chi connectivity index (χ2n) is 7.29. The average Bonchev–Trinajstić information content (AvgIpc) is 2.71. The molecule has 2 fully saturated rings. The summed E-state index contributed by atoms with van der Waals surface area (Å²) in [7, 11) is 0. The molecule has 0 aromatic heterocycles. The zero-order valence-corrected chi connectivity index (χ0v) is 13.9. The highest BCUT2D eigenvalue weighted by molar-refractivity contribution is 5.14. The van der Waals surface area contributed by atoms with Crippen LogP contribution in [0.3, 0.4) is 0 Å². The van der Waals surface area contributed by atoms with E-state index in [1.165, 1.54) is 12.8 Å². The first-order chi connectivity index (χ1) is 10.1. The minimum absolute atomic E-state index is 0.492. The van der Waals surface area contributed by atoms with Crippen LogP contribution in [0.5, 0.6) is 0 Å². The zero-order valence-electron chi connectivity index (χ0n) is 13.9. The summed E-state index contributed by atoms with van der Waals surface area (Å²) < 4.78 is 0. The van der Waals surface area contributed by atoms with Crippen molar-refractivity contribution >= 4 is 0 Å². The Hall–Kier alpha value is -0.590. The molecule has 2 aliphatic rings. The lowest BCUT2D eigenvalue weighted by Crippen LogP contribution is -2.50. The van der Waals surface area contributed by atoms with Crippen LogP contribution in [0.15, 0.2) is 0 Å². The fraction of sp³-hybridized carbons (Fsp3) is 0.944. The second-order valence-corrected chi connectivity index (χ2v) is 7.29. The summed E-state index contributed by atoms with van der Waals surface area (Å²) in [6.45, 7) is 7.58. The van der Waals surface area contributed by atoms with E-state index >= 15 is 0 Å². The van der Waals surface area contributed by atoms with Gasteiger partial charge in [-0.15, -0.1) is 0 Å². The lowest BCUT2D eigenvalue weighted by atomic mass is 9.59. The normalized spacial score (nSPS) is 38.7. The first-order valence-electron chi connectivity index (χ1n) is 8.95. The van der Waals surface area contributed by atoms with Crippen LogP contribution in [-0.2, 0) is 0 Å². The fourth-order valence-electron chi connectivity index (χ4n) is 4.56. The number of nitrogens with zero attached hydrogens (tertiary/aromatic N) is 2. The van der Waals surface area contributed by atoms with Crippen molar-refractivity contribution in [1.82, 2.24) is 4.90 Å². The molecule has 0 amide bonds. The molecular formula is C18H32N2O. The van der Waals surface area contributed by atoms with E-state index in [9.17, 15) is 10.4 Å². The van der Waals surface area contributed by atoms with E-state index in [0.29, 0.717) is 5.92 Å². The lowest BCUT2D eigenvalue weighted by Gasteiger charge is -2.47. The quantitative estimate of drug-likeness (QED) is 0.859. The highest BCUT2D eigenvalue weighted by Gasteiger charge is 2.52. The molecule has 1 heterocycles. The molecule has 0 radical (unpaired) electrons. The van der Waals surface area contributed by atoms with E-state index in [1.54, 1.807) is 0 Å². The molecule has 3 heteroatoms. The summed E-state index contributed by atoms with van der Waals surface area (Å²) in [5, 5.41) is 21.3. The molecular weight excluding hydrogens is 260 g/mol. The monoisotopic (exact) mass is 292 g/mol. The van der Waals surface area contributed by atoms with E-state index in [-0.39, 0.29) is 0 Å². The highest BCUT2D eigenvalue weighted by atomic mass is 16.3. The van der Waals surface area contributed by atoms with Crippen molar-refractivity contribution in [2.24, 2.45) is 11.3 Å². The third-order valence-electron chi connectivity index (χ3n) is 5.98.